The predicted octanol–water partition coefficient (Wildman–Crippen LogP) is 7.41. The SMILES string of the molecule is C#C.C/C=C\C(=C/C)N(C)c1ccccc1.C/C=C\CC.C=CCC. The first-order chi connectivity index (χ1) is 12.1. The second-order valence-corrected chi connectivity index (χ2v) is 4.78. The summed E-state index contributed by atoms with van der Waals surface area (Å²) in [5.74, 6) is 0. The van der Waals surface area contributed by atoms with Crippen LogP contribution in [0.2, 0.25) is 0 Å². The van der Waals surface area contributed by atoms with Gasteiger partial charge in [-0.1, -0.05) is 62.4 Å². The molecule has 1 heteroatoms. The number of rotatable bonds is 5. The Bertz CT molecular complexity index is 489. The van der Waals surface area contributed by atoms with E-state index in [1.807, 2.05) is 26.0 Å². The predicted molar refractivity (Wildman–Crippen MR) is 119 cm³/mol. The molecule has 0 aliphatic carbocycles. The second-order valence-electron chi connectivity index (χ2n) is 4.78. The lowest BCUT2D eigenvalue weighted by Gasteiger charge is -2.20. The lowest BCUT2D eigenvalue weighted by atomic mass is 10.2. The molecule has 0 heterocycles. The van der Waals surface area contributed by atoms with E-state index in [-0.39, 0.29) is 0 Å². The number of likely N-dealkylation sites (N-methyl/N-ethyl adjacent to an activating group) is 1. The Balaban J connectivity index is -0.000000365. The van der Waals surface area contributed by atoms with E-state index in [2.05, 4.69) is 107 Å². The number of allylic oxidation sites excluding steroid dienone is 6. The number of anilines is 1. The Kier molecular flexibility index (Phi) is 26.1. The van der Waals surface area contributed by atoms with Crippen LogP contribution in [0, 0.1) is 12.8 Å². The molecule has 0 spiro atoms. The van der Waals surface area contributed by atoms with Crippen molar-refractivity contribution in [1.29, 1.82) is 0 Å². The largest absolute Gasteiger partial charge is 0.345 e. The average molecular weight is 340 g/mol. The molecule has 0 unspecified atom stereocenters. The number of hydrogen-bond acceptors (Lipinski definition) is 1. The van der Waals surface area contributed by atoms with Gasteiger partial charge in [-0.2, -0.15) is 0 Å². The third-order valence-electron chi connectivity index (χ3n) is 2.92. The average Bonchev–Trinajstić information content (AvgIpc) is 2.69. The standard InChI is InChI=1S/C13H17N.C5H10.C4H8.C2H2/c1-4-9-12(5-2)14(3)13-10-7-6-8-11-13;1-3-5-4-2;1-3-4-2;1-2/h4-11H,1-3H3;3,5H,4H2,1-2H3;3H,1,4H2,2H3;1-2H/b9-4-,12-5+;5-3-;;. The minimum absolute atomic E-state index is 1.08. The molecule has 138 valence electrons. The van der Waals surface area contributed by atoms with E-state index in [0.29, 0.717) is 0 Å². The van der Waals surface area contributed by atoms with Gasteiger partial charge in [0, 0.05) is 18.4 Å². The fraction of sp³-hybridized carbons (Fsp3) is 0.333. The molecule has 1 aromatic carbocycles. The van der Waals surface area contributed by atoms with Gasteiger partial charge in [-0.05, 0) is 51.8 Å². The van der Waals surface area contributed by atoms with Gasteiger partial charge in [-0.3, -0.25) is 0 Å². The summed E-state index contributed by atoms with van der Waals surface area (Å²) in [6.45, 7) is 13.8. The molecular formula is C24H37N. The van der Waals surface area contributed by atoms with Gasteiger partial charge in [0.2, 0.25) is 0 Å². The maximum Gasteiger partial charge on any atom is 0.0407 e. The van der Waals surface area contributed by atoms with E-state index in [9.17, 15) is 0 Å². The lowest BCUT2D eigenvalue weighted by Crippen LogP contribution is -2.14. The highest BCUT2D eigenvalue weighted by Crippen LogP contribution is 2.16. The van der Waals surface area contributed by atoms with E-state index >= 15 is 0 Å². The number of nitrogens with zero attached hydrogens (tertiary/aromatic N) is 1. The summed E-state index contributed by atoms with van der Waals surface area (Å²) in [5.41, 5.74) is 2.41. The molecule has 25 heavy (non-hydrogen) atoms. The molecule has 0 aliphatic rings. The maximum absolute atomic E-state index is 4.00. The number of para-hydroxylation sites is 1. The van der Waals surface area contributed by atoms with Gasteiger partial charge in [-0.15, -0.1) is 19.4 Å². The van der Waals surface area contributed by atoms with Crippen LogP contribution < -0.4 is 4.90 Å². The van der Waals surface area contributed by atoms with Crippen LogP contribution in [0.3, 0.4) is 0 Å². The quantitative estimate of drug-likeness (QED) is 0.307. The summed E-state index contributed by atoms with van der Waals surface area (Å²) in [6, 6.07) is 10.3. The minimum Gasteiger partial charge on any atom is -0.345 e. The zero-order valence-electron chi connectivity index (χ0n) is 17.1. The second kappa shape index (κ2) is 23.8. The van der Waals surface area contributed by atoms with E-state index in [1.54, 1.807) is 0 Å². The summed E-state index contributed by atoms with van der Waals surface area (Å²) < 4.78 is 0. The van der Waals surface area contributed by atoms with E-state index < -0.39 is 0 Å². The maximum atomic E-state index is 4.00. The molecule has 0 atom stereocenters. The van der Waals surface area contributed by atoms with Crippen LogP contribution in [0.1, 0.15) is 47.5 Å². The van der Waals surface area contributed by atoms with Gasteiger partial charge in [0.25, 0.3) is 0 Å². The van der Waals surface area contributed by atoms with E-state index in [0.717, 1.165) is 12.8 Å². The first-order valence-corrected chi connectivity index (χ1v) is 8.75. The van der Waals surface area contributed by atoms with Crippen LogP contribution in [-0.2, 0) is 0 Å². The van der Waals surface area contributed by atoms with Crippen LogP contribution in [0.15, 0.2) is 79.1 Å². The molecule has 0 saturated carbocycles. The van der Waals surface area contributed by atoms with Crippen molar-refractivity contribution in [2.24, 2.45) is 0 Å². The molecule has 0 aliphatic heterocycles. The molecule has 1 nitrogen and oxygen atoms in total. The van der Waals surface area contributed by atoms with Crippen LogP contribution in [-0.4, -0.2) is 7.05 Å². The van der Waals surface area contributed by atoms with Crippen LogP contribution in [0.5, 0.6) is 0 Å². The molecule has 1 aromatic rings. The Morgan fingerprint density at radius 3 is 1.80 bits per heavy atom. The first-order valence-electron chi connectivity index (χ1n) is 8.75. The van der Waals surface area contributed by atoms with Gasteiger partial charge in [0.1, 0.15) is 0 Å². The van der Waals surface area contributed by atoms with Gasteiger partial charge in [-0.25, -0.2) is 0 Å². The van der Waals surface area contributed by atoms with Gasteiger partial charge in [0.05, 0.1) is 0 Å². The Labute approximate surface area is 157 Å². The molecule has 1 rings (SSSR count). The highest BCUT2D eigenvalue weighted by molar-refractivity contribution is 5.53. The summed E-state index contributed by atoms with van der Waals surface area (Å²) in [6.07, 6.45) is 22.6. The van der Waals surface area contributed by atoms with Crippen molar-refractivity contribution in [1.82, 2.24) is 0 Å². The summed E-state index contributed by atoms with van der Waals surface area (Å²) in [7, 11) is 2.07. The van der Waals surface area contributed by atoms with E-state index in [4.69, 9.17) is 0 Å². The summed E-state index contributed by atoms with van der Waals surface area (Å²) in [5, 5.41) is 0. The molecule has 0 aromatic heterocycles. The van der Waals surface area contributed by atoms with Gasteiger partial charge in [0.15, 0.2) is 0 Å². The number of terminal acetylenes is 1. The summed E-state index contributed by atoms with van der Waals surface area (Å²) >= 11 is 0. The lowest BCUT2D eigenvalue weighted by molar-refractivity contribution is 1.13. The van der Waals surface area contributed by atoms with E-state index in [1.165, 1.54) is 11.4 Å². The summed E-state index contributed by atoms with van der Waals surface area (Å²) in [4.78, 5) is 2.17. The van der Waals surface area contributed by atoms with Crippen LogP contribution >= 0.6 is 0 Å². The van der Waals surface area contributed by atoms with Crippen LogP contribution in [0.4, 0.5) is 5.69 Å². The fourth-order valence-corrected chi connectivity index (χ4v) is 1.61. The van der Waals surface area contributed by atoms with Crippen molar-refractivity contribution < 1.29 is 0 Å². The monoisotopic (exact) mass is 339 g/mol. The van der Waals surface area contributed by atoms with Crippen molar-refractivity contribution in [3.05, 3.63) is 79.1 Å². The smallest absolute Gasteiger partial charge is 0.0407 e. The van der Waals surface area contributed by atoms with Crippen molar-refractivity contribution in [3.8, 4) is 12.8 Å². The number of benzene rings is 1. The molecule has 0 fully saturated rings. The highest BCUT2D eigenvalue weighted by atomic mass is 15.1. The van der Waals surface area contributed by atoms with Crippen molar-refractivity contribution in [2.75, 3.05) is 11.9 Å². The Hall–Kier alpha value is -2.46. The molecular weight excluding hydrogens is 302 g/mol. The molecule has 0 amide bonds. The van der Waals surface area contributed by atoms with Crippen molar-refractivity contribution >= 4 is 5.69 Å². The van der Waals surface area contributed by atoms with Gasteiger partial charge < -0.3 is 4.90 Å². The Morgan fingerprint density at radius 2 is 1.52 bits per heavy atom. The first kappa shape index (κ1) is 27.4. The zero-order chi connectivity index (χ0) is 19.9. The topological polar surface area (TPSA) is 3.24 Å². The third kappa shape index (κ3) is 17.7. The van der Waals surface area contributed by atoms with Gasteiger partial charge >= 0.3 is 0 Å². The molecule has 0 N–H and O–H groups in total. The fourth-order valence-electron chi connectivity index (χ4n) is 1.61. The normalized spacial score (nSPS) is 9.84. The van der Waals surface area contributed by atoms with Crippen molar-refractivity contribution in [3.63, 3.8) is 0 Å². The van der Waals surface area contributed by atoms with Crippen LogP contribution in [0.25, 0.3) is 0 Å². The van der Waals surface area contributed by atoms with Crippen molar-refractivity contribution in [2.45, 2.75) is 47.5 Å². The molecule has 0 radical (unpaired) electrons. The highest BCUT2D eigenvalue weighted by Gasteiger charge is 2.01. The third-order valence-corrected chi connectivity index (χ3v) is 2.92. The zero-order valence-corrected chi connectivity index (χ0v) is 17.1. The molecule has 0 bridgehead atoms. The number of hydrogen-bond donors (Lipinski definition) is 0. The molecule has 0 saturated heterocycles. The minimum atomic E-state index is 1.08. The Morgan fingerprint density at radius 1 is 1.00 bits per heavy atom.